The largest absolute Gasteiger partial charge is 0.318 e. The van der Waals surface area contributed by atoms with Gasteiger partial charge in [0.1, 0.15) is 11.7 Å². The Morgan fingerprint density at radius 3 is 3.13 bits per heavy atom. The first-order chi connectivity index (χ1) is 11.2. The van der Waals surface area contributed by atoms with E-state index in [-0.39, 0.29) is 11.9 Å². The van der Waals surface area contributed by atoms with Crippen molar-refractivity contribution in [1.82, 2.24) is 35.3 Å². The Balaban J connectivity index is 1.70. The minimum absolute atomic E-state index is 0.0544. The number of nitrogens with zero attached hydrogens (tertiary/aromatic N) is 6. The van der Waals surface area contributed by atoms with E-state index in [1.165, 1.54) is 0 Å². The van der Waals surface area contributed by atoms with E-state index in [9.17, 15) is 4.79 Å². The molecule has 10 heteroatoms. The zero-order valence-corrected chi connectivity index (χ0v) is 13.8. The fraction of sp³-hybridized carbons (Fsp3) is 0.308. The van der Waals surface area contributed by atoms with Gasteiger partial charge in [0.2, 0.25) is 0 Å². The van der Waals surface area contributed by atoms with Gasteiger partial charge in [0, 0.05) is 19.0 Å². The van der Waals surface area contributed by atoms with Crippen LogP contribution < -0.4 is 0 Å². The summed E-state index contributed by atoms with van der Waals surface area (Å²) < 4.78 is 1.68. The number of hydrogen-bond donors (Lipinski definition) is 1. The van der Waals surface area contributed by atoms with Crippen molar-refractivity contribution in [3.05, 3.63) is 35.1 Å². The highest BCUT2D eigenvalue weighted by Gasteiger charge is 2.35. The van der Waals surface area contributed by atoms with Crippen molar-refractivity contribution in [3.63, 3.8) is 0 Å². The molecule has 1 aliphatic heterocycles. The lowest BCUT2D eigenvalue weighted by Crippen LogP contribution is -2.31. The molecule has 0 bridgehead atoms. The standard InChI is InChI=1S/C13H13N7OS2/c1-19-5-8(11(16-19)10-3-2-4-23-10)13(21)20-7-22-6-9(20)12-14-17-18-15-12/h2-5,9H,6-7H2,1H3,(H,14,15,17,18). The second-order valence-corrected chi connectivity index (χ2v) is 7.05. The maximum atomic E-state index is 13.1. The van der Waals surface area contributed by atoms with Crippen molar-refractivity contribution in [2.24, 2.45) is 7.05 Å². The van der Waals surface area contributed by atoms with Gasteiger partial charge in [-0.25, -0.2) is 0 Å². The lowest BCUT2D eigenvalue weighted by molar-refractivity contribution is 0.0742. The predicted octanol–water partition coefficient (Wildman–Crippen LogP) is 1.55. The van der Waals surface area contributed by atoms with Crippen LogP contribution in [0, 0.1) is 0 Å². The third-order valence-electron chi connectivity index (χ3n) is 3.62. The molecule has 0 spiro atoms. The van der Waals surface area contributed by atoms with Crippen LogP contribution in [0.2, 0.25) is 0 Å². The van der Waals surface area contributed by atoms with Crippen LogP contribution in [-0.4, -0.2) is 52.8 Å². The van der Waals surface area contributed by atoms with Gasteiger partial charge in [-0.3, -0.25) is 9.48 Å². The minimum Gasteiger partial charge on any atom is -0.318 e. The number of carbonyl (C=O) groups excluding carboxylic acids is 1. The average Bonchev–Trinajstić information content (AvgIpc) is 3.30. The van der Waals surface area contributed by atoms with Gasteiger partial charge in [0.05, 0.1) is 16.3 Å². The van der Waals surface area contributed by atoms with E-state index in [0.29, 0.717) is 17.3 Å². The lowest BCUT2D eigenvalue weighted by atomic mass is 10.1. The quantitative estimate of drug-likeness (QED) is 0.773. The van der Waals surface area contributed by atoms with Gasteiger partial charge in [-0.1, -0.05) is 11.3 Å². The molecule has 23 heavy (non-hydrogen) atoms. The molecular formula is C13H13N7OS2. The van der Waals surface area contributed by atoms with E-state index in [1.807, 2.05) is 24.6 Å². The second-order valence-electron chi connectivity index (χ2n) is 5.10. The molecule has 118 valence electrons. The second kappa shape index (κ2) is 5.78. The van der Waals surface area contributed by atoms with E-state index in [1.54, 1.807) is 38.9 Å². The number of nitrogens with one attached hydrogen (secondary N) is 1. The van der Waals surface area contributed by atoms with Crippen molar-refractivity contribution < 1.29 is 4.79 Å². The van der Waals surface area contributed by atoms with Gasteiger partial charge in [0.15, 0.2) is 5.82 Å². The fourth-order valence-electron chi connectivity index (χ4n) is 2.56. The van der Waals surface area contributed by atoms with Crippen LogP contribution in [0.4, 0.5) is 0 Å². The highest BCUT2D eigenvalue weighted by Crippen LogP contribution is 2.34. The Hall–Kier alpha value is -2.20. The molecule has 0 aromatic carbocycles. The van der Waals surface area contributed by atoms with Gasteiger partial charge in [-0.15, -0.1) is 33.3 Å². The average molecular weight is 347 g/mol. The summed E-state index contributed by atoms with van der Waals surface area (Å²) in [6.07, 6.45) is 1.77. The molecule has 1 unspecified atom stereocenters. The summed E-state index contributed by atoms with van der Waals surface area (Å²) >= 11 is 3.25. The van der Waals surface area contributed by atoms with Gasteiger partial charge >= 0.3 is 0 Å². The number of aromatic amines is 1. The number of hydrogen-bond acceptors (Lipinski definition) is 7. The molecule has 1 N–H and O–H groups in total. The van der Waals surface area contributed by atoms with Crippen molar-refractivity contribution in [3.8, 4) is 10.6 Å². The van der Waals surface area contributed by atoms with Gasteiger partial charge in [0.25, 0.3) is 5.91 Å². The third kappa shape index (κ3) is 2.53. The molecule has 3 aromatic rings. The van der Waals surface area contributed by atoms with Crippen LogP contribution in [0.25, 0.3) is 10.6 Å². The molecule has 4 rings (SSSR count). The Bertz CT molecular complexity index is 812. The number of thioether (sulfide) groups is 1. The zero-order chi connectivity index (χ0) is 15.8. The number of amides is 1. The highest BCUT2D eigenvalue weighted by molar-refractivity contribution is 7.99. The summed E-state index contributed by atoms with van der Waals surface area (Å²) in [4.78, 5) is 15.8. The third-order valence-corrected chi connectivity index (χ3v) is 5.51. The Kier molecular flexibility index (Phi) is 3.62. The first kappa shape index (κ1) is 14.4. The molecule has 0 saturated carbocycles. The number of carbonyl (C=O) groups is 1. The number of aromatic nitrogens is 6. The Labute approximate surface area is 139 Å². The van der Waals surface area contributed by atoms with Gasteiger partial charge in [-0.05, 0) is 11.4 Å². The molecule has 0 aliphatic carbocycles. The van der Waals surface area contributed by atoms with E-state index in [4.69, 9.17) is 0 Å². The molecule has 3 aromatic heterocycles. The molecular weight excluding hydrogens is 334 g/mol. The van der Waals surface area contributed by atoms with E-state index < -0.39 is 0 Å². The summed E-state index contributed by atoms with van der Waals surface area (Å²) in [6.45, 7) is 0. The maximum absolute atomic E-state index is 13.1. The summed E-state index contributed by atoms with van der Waals surface area (Å²) in [7, 11) is 1.82. The van der Waals surface area contributed by atoms with E-state index >= 15 is 0 Å². The van der Waals surface area contributed by atoms with Crippen LogP contribution in [0.3, 0.4) is 0 Å². The fourth-order valence-corrected chi connectivity index (χ4v) is 4.44. The molecule has 1 amide bonds. The van der Waals surface area contributed by atoms with Crippen LogP contribution in [0.1, 0.15) is 22.2 Å². The summed E-state index contributed by atoms with van der Waals surface area (Å²) in [6, 6.07) is 3.76. The molecule has 8 nitrogen and oxygen atoms in total. The van der Waals surface area contributed by atoms with Crippen molar-refractivity contribution >= 4 is 29.0 Å². The summed E-state index contributed by atoms with van der Waals surface area (Å²) in [5, 5.41) is 20.5. The molecule has 1 aliphatic rings. The number of H-pyrrole nitrogens is 1. The first-order valence-electron chi connectivity index (χ1n) is 6.93. The van der Waals surface area contributed by atoms with Crippen LogP contribution >= 0.6 is 23.1 Å². The summed E-state index contributed by atoms with van der Waals surface area (Å²) in [5.74, 6) is 1.86. The Morgan fingerprint density at radius 1 is 1.48 bits per heavy atom. The predicted molar refractivity (Wildman–Crippen MR) is 86.9 cm³/mol. The number of tetrazole rings is 1. The van der Waals surface area contributed by atoms with Gasteiger partial charge in [-0.2, -0.15) is 10.3 Å². The molecule has 1 fully saturated rings. The SMILES string of the molecule is Cn1cc(C(=O)N2CSCC2c2nn[nH]n2)c(-c2cccs2)n1. The maximum Gasteiger partial charge on any atom is 0.259 e. The normalized spacial score (nSPS) is 17.8. The van der Waals surface area contributed by atoms with Crippen molar-refractivity contribution in [2.75, 3.05) is 11.6 Å². The lowest BCUT2D eigenvalue weighted by Gasteiger charge is -2.20. The Morgan fingerprint density at radius 2 is 2.39 bits per heavy atom. The first-order valence-corrected chi connectivity index (χ1v) is 8.97. The van der Waals surface area contributed by atoms with Crippen LogP contribution in [0.5, 0.6) is 0 Å². The molecule has 1 saturated heterocycles. The summed E-state index contributed by atoms with van der Waals surface area (Å²) in [5.41, 5.74) is 1.32. The van der Waals surface area contributed by atoms with Gasteiger partial charge < -0.3 is 4.90 Å². The molecule has 0 radical (unpaired) electrons. The minimum atomic E-state index is -0.164. The number of rotatable bonds is 3. The number of aryl methyl sites for hydroxylation is 1. The highest BCUT2D eigenvalue weighted by atomic mass is 32.2. The topological polar surface area (TPSA) is 92.6 Å². The smallest absolute Gasteiger partial charge is 0.259 e. The van der Waals surface area contributed by atoms with E-state index in [2.05, 4.69) is 25.7 Å². The zero-order valence-electron chi connectivity index (χ0n) is 12.2. The van der Waals surface area contributed by atoms with Crippen molar-refractivity contribution in [2.45, 2.75) is 6.04 Å². The number of thiophene rings is 1. The molecule has 4 heterocycles. The van der Waals surface area contributed by atoms with Crippen molar-refractivity contribution in [1.29, 1.82) is 0 Å². The van der Waals surface area contributed by atoms with E-state index in [0.717, 1.165) is 16.3 Å². The van der Waals surface area contributed by atoms with Crippen LogP contribution in [0.15, 0.2) is 23.7 Å². The molecule has 1 atom stereocenters. The van der Waals surface area contributed by atoms with Crippen LogP contribution in [-0.2, 0) is 7.05 Å². The monoisotopic (exact) mass is 347 g/mol.